The summed E-state index contributed by atoms with van der Waals surface area (Å²) in [6.07, 6.45) is 2.01. The lowest BCUT2D eigenvalue weighted by molar-refractivity contribution is -0.642. The second-order valence-corrected chi connectivity index (χ2v) is 6.24. The van der Waals surface area contributed by atoms with Crippen molar-refractivity contribution in [3.63, 3.8) is 0 Å². The number of hydrogen-bond acceptors (Lipinski definition) is 4. The molecule has 6 heteroatoms. The van der Waals surface area contributed by atoms with Crippen LogP contribution in [0.3, 0.4) is 0 Å². The van der Waals surface area contributed by atoms with Gasteiger partial charge in [0.2, 0.25) is 5.52 Å². The molecule has 0 aliphatic heterocycles. The van der Waals surface area contributed by atoms with E-state index in [1.807, 2.05) is 31.4 Å². The molecule has 0 atom stereocenters. The Hall–Kier alpha value is -2.92. The van der Waals surface area contributed by atoms with E-state index in [9.17, 15) is 5.11 Å². The summed E-state index contributed by atoms with van der Waals surface area (Å²) in [6.45, 7) is 0. The van der Waals surface area contributed by atoms with Crippen LogP contribution in [0.2, 0.25) is 0 Å². The molecule has 1 heterocycles. The Morgan fingerprint density at radius 2 is 1.37 bits per heavy atom. The summed E-state index contributed by atoms with van der Waals surface area (Å²) in [7, 11) is 6.83. The van der Waals surface area contributed by atoms with Gasteiger partial charge in [-0.1, -0.05) is 6.07 Å². The molecule has 0 saturated heterocycles. The molecule has 0 unspecified atom stereocenters. The number of hydrogen-bond donors (Lipinski definition) is 1. The summed E-state index contributed by atoms with van der Waals surface area (Å²) in [4.78, 5) is 0. The van der Waals surface area contributed by atoms with Crippen molar-refractivity contribution in [1.82, 2.24) is 0 Å². The van der Waals surface area contributed by atoms with Gasteiger partial charge in [-0.3, -0.25) is 0 Å². The number of aryl methyl sites for hydroxylation is 1. The van der Waals surface area contributed by atoms with E-state index < -0.39 is 0 Å². The lowest BCUT2D eigenvalue weighted by Gasteiger charge is -2.11. The minimum atomic E-state index is 0. The molecule has 0 fully saturated rings. The van der Waals surface area contributed by atoms with Crippen LogP contribution in [-0.4, -0.2) is 26.4 Å². The van der Waals surface area contributed by atoms with Crippen molar-refractivity contribution >= 4 is 32.4 Å². The van der Waals surface area contributed by atoms with E-state index >= 15 is 0 Å². The molecule has 3 aromatic carbocycles. The fourth-order valence-corrected chi connectivity index (χ4v) is 3.59. The van der Waals surface area contributed by atoms with E-state index in [2.05, 4.69) is 16.7 Å². The highest BCUT2D eigenvalue weighted by Crippen LogP contribution is 2.38. The number of aromatic hydroxyl groups is 1. The number of methoxy groups -OCH3 is 3. The molecular weight excluding hydrogens is 366 g/mol. The van der Waals surface area contributed by atoms with Crippen LogP contribution in [0.25, 0.3) is 32.4 Å². The highest BCUT2D eigenvalue weighted by atomic mass is 35.5. The lowest BCUT2D eigenvalue weighted by Crippen LogP contribution is -3.00. The Morgan fingerprint density at radius 1 is 0.741 bits per heavy atom. The van der Waals surface area contributed by atoms with Gasteiger partial charge in [0.15, 0.2) is 29.2 Å². The van der Waals surface area contributed by atoms with Gasteiger partial charge in [-0.15, -0.1) is 0 Å². The normalized spacial score (nSPS) is 10.8. The van der Waals surface area contributed by atoms with Crippen molar-refractivity contribution in [2.75, 3.05) is 21.3 Å². The Morgan fingerprint density at radius 3 is 2.04 bits per heavy atom. The second kappa shape index (κ2) is 7.00. The first-order chi connectivity index (χ1) is 12.6. The van der Waals surface area contributed by atoms with E-state index in [4.69, 9.17) is 14.2 Å². The van der Waals surface area contributed by atoms with Crippen LogP contribution in [0.15, 0.2) is 42.6 Å². The van der Waals surface area contributed by atoms with E-state index in [0.29, 0.717) is 17.2 Å². The van der Waals surface area contributed by atoms with Crippen molar-refractivity contribution < 1.29 is 36.3 Å². The molecule has 0 aliphatic carbocycles. The molecule has 0 radical (unpaired) electrons. The molecule has 0 saturated carbocycles. The molecule has 5 nitrogen and oxygen atoms in total. The van der Waals surface area contributed by atoms with Gasteiger partial charge in [0, 0.05) is 5.39 Å². The van der Waals surface area contributed by atoms with Crippen LogP contribution < -0.4 is 31.2 Å². The van der Waals surface area contributed by atoms with Gasteiger partial charge in [-0.25, -0.2) is 0 Å². The van der Waals surface area contributed by atoms with Crippen molar-refractivity contribution in [2.24, 2.45) is 7.05 Å². The number of phenolic OH excluding ortho intramolecular Hbond substituents is 1. The summed E-state index contributed by atoms with van der Waals surface area (Å²) in [5, 5.41) is 15.3. The van der Waals surface area contributed by atoms with E-state index in [-0.39, 0.29) is 18.2 Å². The van der Waals surface area contributed by atoms with Crippen LogP contribution in [-0.2, 0) is 7.05 Å². The van der Waals surface area contributed by atoms with Crippen LogP contribution >= 0.6 is 0 Å². The quantitative estimate of drug-likeness (QED) is 0.417. The zero-order valence-corrected chi connectivity index (χ0v) is 16.3. The number of benzene rings is 3. The van der Waals surface area contributed by atoms with Crippen molar-refractivity contribution in [3.8, 4) is 23.0 Å². The molecule has 0 bridgehead atoms. The number of ether oxygens (including phenoxy) is 3. The summed E-state index contributed by atoms with van der Waals surface area (Å²) in [5.41, 5.74) is 1.07. The number of fused-ring (bicyclic) bond motifs is 5. The second-order valence-electron chi connectivity index (χ2n) is 6.24. The summed E-state index contributed by atoms with van der Waals surface area (Å²) in [5.74, 6) is 1.98. The molecule has 1 N–H and O–H groups in total. The predicted octanol–water partition coefficient (Wildman–Crippen LogP) is 0.706. The first-order valence-electron chi connectivity index (χ1n) is 8.25. The van der Waals surface area contributed by atoms with E-state index in [1.54, 1.807) is 27.4 Å². The van der Waals surface area contributed by atoms with Crippen molar-refractivity contribution in [3.05, 3.63) is 42.6 Å². The molecule has 1 aromatic heterocycles. The fraction of sp³-hybridized carbons (Fsp3) is 0.190. The molecule has 4 aromatic rings. The zero-order chi connectivity index (χ0) is 18.4. The minimum Gasteiger partial charge on any atom is -1.00 e. The number of aromatic nitrogens is 1. The Kier molecular flexibility index (Phi) is 4.89. The molecular formula is C21H20ClNO4. The summed E-state index contributed by atoms with van der Waals surface area (Å²) in [6, 6.07) is 11.7. The summed E-state index contributed by atoms with van der Waals surface area (Å²) < 4.78 is 18.3. The number of phenols is 1. The van der Waals surface area contributed by atoms with Gasteiger partial charge in [0.1, 0.15) is 7.05 Å². The van der Waals surface area contributed by atoms with Crippen LogP contribution in [0, 0.1) is 0 Å². The third-order valence-corrected chi connectivity index (χ3v) is 4.82. The molecule has 0 aliphatic rings. The summed E-state index contributed by atoms with van der Waals surface area (Å²) >= 11 is 0. The Labute approximate surface area is 163 Å². The van der Waals surface area contributed by atoms with Gasteiger partial charge >= 0.3 is 0 Å². The Balaban J connectivity index is 0.00000210. The number of nitrogens with zero attached hydrogens (tertiary/aromatic N) is 1. The first kappa shape index (κ1) is 18.9. The lowest BCUT2D eigenvalue weighted by atomic mass is 10.00. The van der Waals surface area contributed by atoms with Gasteiger partial charge in [-0.05, 0) is 35.7 Å². The maximum absolute atomic E-state index is 10.1. The van der Waals surface area contributed by atoms with Gasteiger partial charge < -0.3 is 31.7 Å². The maximum Gasteiger partial charge on any atom is 0.220 e. The number of halogens is 1. The molecule has 140 valence electrons. The largest absolute Gasteiger partial charge is 1.00 e. The Bertz CT molecular complexity index is 1170. The topological polar surface area (TPSA) is 51.8 Å². The zero-order valence-electron chi connectivity index (χ0n) is 15.5. The maximum atomic E-state index is 10.1. The standard InChI is InChI=1S/C21H19NO4.ClH/c1-22-11-13-7-17(23)18(24-2)9-15(13)14-6-5-12-8-19(25-3)20(26-4)10-16(12)21(14)22;/h5-11H,1-4H3;1H. The van der Waals surface area contributed by atoms with Gasteiger partial charge in [0.05, 0.1) is 37.5 Å². The average molecular weight is 386 g/mol. The number of rotatable bonds is 3. The highest BCUT2D eigenvalue weighted by molar-refractivity contribution is 6.14. The minimum absolute atomic E-state index is 0. The molecule has 0 spiro atoms. The van der Waals surface area contributed by atoms with E-state index in [0.717, 1.165) is 32.4 Å². The first-order valence-corrected chi connectivity index (χ1v) is 8.25. The predicted molar refractivity (Wildman–Crippen MR) is 101 cm³/mol. The third kappa shape index (κ3) is 2.84. The van der Waals surface area contributed by atoms with Crippen LogP contribution in [0.1, 0.15) is 0 Å². The fourth-order valence-electron chi connectivity index (χ4n) is 3.59. The molecule has 0 amide bonds. The molecule has 4 rings (SSSR count). The van der Waals surface area contributed by atoms with Crippen molar-refractivity contribution in [2.45, 2.75) is 0 Å². The van der Waals surface area contributed by atoms with Gasteiger partial charge in [0.25, 0.3) is 0 Å². The monoisotopic (exact) mass is 385 g/mol. The number of pyridine rings is 1. The van der Waals surface area contributed by atoms with Crippen LogP contribution in [0.4, 0.5) is 0 Å². The van der Waals surface area contributed by atoms with Crippen LogP contribution in [0.5, 0.6) is 23.0 Å². The smallest absolute Gasteiger partial charge is 0.220 e. The average Bonchev–Trinajstić information content (AvgIpc) is 2.65. The molecule has 27 heavy (non-hydrogen) atoms. The van der Waals surface area contributed by atoms with Gasteiger partial charge in [-0.2, -0.15) is 4.57 Å². The van der Waals surface area contributed by atoms with E-state index in [1.165, 1.54) is 0 Å². The van der Waals surface area contributed by atoms with Crippen molar-refractivity contribution in [1.29, 1.82) is 0 Å². The third-order valence-electron chi connectivity index (χ3n) is 4.82. The highest BCUT2D eigenvalue weighted by Gasteiger charge is 2.18. The SMILES string of the molecule is COc1cc2c(cc1O)c[n+](C)c1c3cc(OC)c(OC)cc3ccc21.[Cl-].